The molecule has 1 aliphatic heterocycles. The van der Waals surface area contributed by atoms with Crippen LogP contribution in [0.2, 0.25) is 0 Å². The highest BCUT2D eigenvalue weighted by Gasteiger charge is 2.24. The summed E-state index contributed by atoms with van der Waals surface area (Å²) in [7, 11) is 0. The van der Waals surface area contributed by atoms with E-state index in [-0.39, 0.29) is 17.3 Å². The van der Waals surface area contributed by atoms with Crippen LogP contribution in [0.3, 0.4) is 0 Å². The van der Waals surface area contributed by atoms with Crippen molar-refractivity contribution in [1.29, 1.82) is 0 Å². The quantitative estimate of drug-likeness (QED) is 0.626. The van der Waals surface area contributed by atoms with Gasteiger partial charge < -0.3 is 15.4 Å². The van der Waals surface area contributed by atoms with Crippen molar-refractivity contribution in [3.63, 3.8) is 0 Å². The Bertz CT molecular complexity index is 529. The zero-order valence-electron chi connectivity index (χ0n) is 11.8. The monoisotopic (exact) mass is 294 g/mol. The summed E-state index contributed by atoms with van der Waals surface area (Å²) in [5, 5.41) is 16.7. The fourth-order valence-corrected chi connectivity index (χ4v) is 2.17. The SMILES string of the molecule is CCNc1cc(C(=O)NC2CCCOC2)c([N+](=O)[O-])cn1. The summed E-state index contributed by atoms with van der Waals surface area (Å²) in [4.78, 5) is 26.6. The molecular weight excluding hydrogens is 276 g/mol. The summed E-state index contributed by atoms with van der Waals surface area (Å²) in [6.45, 7) is 3.61. The molecule has 1 unspecified atom stereocenters. The molecule has 1 atom stereocenters. The molecule has 1 aromatic rings. The summed E-state index contributed by atoms with van der Waals surface area (Å²) >= 11 is 0. The van der Waals surface area contributed by atoms with Gasteiger partial charge in [-0.2, -0.15) is 0 Å². The van der Waals surface area contributed by atoms with Crippen molar-refractivity contribution < 1.29 is 14.5 Å². The third-order valence-electron chi connectivity index (χ3n) is 3.18. The Hall–Kier alpha value is -2.22. The molecule has 1 aliphatic rings. The van der Waals surface area contributed by atoms with Crippen molar-refractivity contribution in [1.82, 2.24) is 10.3 Å². The second-order valence-corrected chi connectivity index (χ2v) is 4.76. The number of nitrogens with one attached hydrogen (secondary N) is 2. The van der Waals surface area contributed by atoms with E-state index in [4.69, 9.17) is 4.74 Å². The van der Waals surface area contributed by atoms with Gasteiger partial charge in [-0.25, -0.2) is 4.98 Å². The number of nitrogens with zero attached hydrogens (tertiary/aromatic N) is 2. The fourth-order valence-electron chi connectivity index (χ4n) is 2.17. The summed E-state index contributed by atoms with van der Waals surface area (Å²) in [5.74, 6) is -0.0353. The highest BCUT2D eigenvalue weighted by molar-refractivity contribution is 5.98. The number of pyridine rings is 1. The molecule has 1 aromatic heterocycles. The Kier molecular flexibility index (Phi) is 5.04. The number of ether oxygens (including phenoxy) is 1. The fraction of sp³-hybridized carbons (Fsp3) is 0.538. The molecular formula is C13H18N4O4. The second-order valence-electron chi connectivity index (χ2n) is 4.76. The molecule has 2 N–H and O–H groups in total. The van der Waals surface area contributed by atoms with Crippen molar-refractivity contribution >= 4 is 17.4 Å². The van der Waals surface area contributed by atoms with Crippen molar-refractivity contribution in [3.05, 3.63) is 27.9 Å². The van der Waals surface area contributed by atoms with Crippen molar-refractivity contribution in [2.45, 2.75) is 25.8 Å². The van der Waals surface area contributed by atoms with Crippen molar-refractivity contribution in [2.75, 3.05) is 25.1 Å². The van der Waals surface area contributed by atoms with Gasteiger partial charge in [0, 0.05) is 19.2 Å². The number of aromatic nitrogens is 1. The molecule has 1 saturated heterocycles. The zero-order chi connectivity index (χ0) is 15.2. The smallest absolute Gasteiger partial charge is 0.300 e. The predicted octanol–water partition coefficient (Wildman–Crippen LogP) is 1.33. The average Bonchev–Trinajstić information content (AvgIpc) is 2.48. The van der Waals surface area contributed by atoms with Gasteiger partial charge in [-0.3, -0.25) is 14.9 Å². The maximum atomic E-state index is 12.3. The van der Waals surface area contributed by atoms with Gasteiger partial charge in [-0.15, -0.1) is 0 Å². The average molecular weight is 294 g/mol. The van der Waals surface area contributed by atoms with Gasteiger partial charge in [0.15, 0.2) is 0 Å². The van der Waals surface area contributed by atoms with Crippen molar-refractivity contribution in [2.24, 2.45) is 0 Å². The van der Waals surface area contributed by atoms with Crippen LogP contribution in [0.1, 0.15) is 30.1 Å². The minimum absolute atomic E-state index is 0.0107. The van der Waals surface area contributed by atoms with E-state index in [1.165, 1.54) is 6.07 Å². The second kappa shape index (κ2) is 6.98. The molecule has 2 rings (SSSR count). The number of rotatable bonds is 5. The Morgan fingerprint density at radius 2 is 2.43 bits per heavy atom. The Labute approximate surface area is 122 Å². The normalized spacial score (nSPS) is 18.0. The van der Waals surface area contributed by atoms with E-state index in [0.717, 1.165) is 19.0 Å². The molecule has 0 saturated carbocycles. The van der Waals surface area contributed by atoms with Gasteiger partial charge in [-0.05, 0) is 19.8 Å². The molecule has 0 spiro atoms. The number of amides is 1. The van der Waals surface area contributed by atoms with E-state index in [2.05, 4.69) is 15.6 Å². The lowest BCUT2D eigenvalue weighted by atomic mass is 10.1. The molecule has 21 heavy (non-hydrogen) atoms. The largest absolute Gasteiger partial charge is 0.379 e. The van der Waals surface area contributed by atoms with Gasteiger partial charge in [0.2, 0.25) is 0 Å². The number of hydrogen-bond donors (Lipinski definition) is 2. The zero-order valence-corrected chi connectivity index (χ0v) is 11.8. The van der Waals surface area contributed by atoms with E-state index in [9.17, 15) is 14.9 Å². The maximum Gasteiger partial charge on any atom is 0.300 e. The lowest BCUT2D eigenvalue weighted by Crippen LogP contribution is -2.40. The molecule has 0 radical (unpaired) electrons. The molecule has 0 aliphatic carbocycles. The molecule has 8 nitrogen and oxygen atoms in total. The van der Waals surface area contributed by atoms with Crippen LogP contribution in [-0.2, 0) is 4.74 Å². The number of carbonyl (C=O) groups excluding carboxylic acids is 1. The van der Waals surface area contributed by atoms with Crippen LogP contribution in [-0.4, -0.2) is 41.6 Å². The highest BCUT2D eigenvalue weighted by Crippen LogP contribution is 2.20. The number of carbonyl (C=O) groups is 1. The van der Waals surface area contributed by atoms with E-state index in [1.807, 2.05) is 6.92 Å². The van der Waals surface area contributed by atoms with E-state index < -0.39 is 10.8 Å². The first-order valence-electron chi connectivity index (χ1n) is 6.88. The number of nitro groups is 1. The summed E-state index contributed by atoms with van der Waals surface area (Å²) in [6, 6.07) is 1.29. The highest BCUT2D eigenvalue weighted by atomic mass is 16.6. The number of anilines is 1. The van der Waals surface area contributed by atoms with Crippen LogP contribution in [0, 0.1) is 10.1 Å². The molecule has 0 aromatic carbocycles. The van der Waals surface area contributed by atoms with E-state index >= 15 is 0 Å². The van der Waals surface area contributed by atoms with Gasteiger partial charge in [-0.1, -0.05) is 0 Å². The first-order chi connectivity index (χ1) is 10.1. The molecule has 8 heteroatoms. The third-order valence-corrected chi connectivity index (χ3v) is 3.18. The van der Waals surface area contributed by atoms with Crippen LogP contribution in [0.5, 0.6) is 0 Å². The van der Waals surface area contributed by atoms with Crippen LogP contribution in [0.4, 0.5) is 11.5 Å². The van der Waals surface area contributed by atoms with Crippen LogP contribution >= 0.6 is 0 Å². The topological polar surface area (TPSA) is 106 Å². The first-order valence-corrected chi connectivity index (χ1v) is 6.88. The van der Waals surface area contributed by atoms with Gasteiger partial charge in [0.1, 0.15) is 17.6 Å². The minimum atomic E-state index is -0.602. The predicted molar refractivity (Wildman–Crippen MR) is 76.4 cm³/mol. The van der Waals surface area contributed by atoms with Crippen LogP contribution in [0.25, 0.3) is 0 Å². The Balaban J connectivity index is 2.19. The van der Waals surface area contributed by atoms with Crippen LogP contribution < -0.4 is 10.6 Å². The molecule has 0 bridgehead atoms. The van der Waals surface area contributed by atoms with Gasteiger partial charge in [0.25, 0.3) is 11.6 Å². The standard InChI is InChI=1S/C13H18N4O4/c1-2-14-12-6-10(11(7-15-12)17(19)20)13(18)16-9-4-3-5-21-8-9/h6-7,9H,2-5,8H2,1H3,(H,14,15)(H,16,18). The number of hydrogen-bond acceptors (Lipinski definition) is 6. The van der Waals surface area contributed by atoms with Gasteiger partial charge in [0.05, 0.1) is 17.6 Å². The molecule has 1 amide bonds. The summed E-state index contributed by atoms with van der Waals surface area (Å²) in [6.07, 6.45) is 2.78. The molecule has 2 heterocycles. The van der Waals surface area contributed by atoms with Crippen LogP contribution in [0.15, 0.2) is 12.3 Å². The first kappa shape index (κ1) is 15.2. The lowest BCUT2D eigenvalue weighted by molar-refractivity contribution is -0.385. The summed E-state index contributed by atoms with van der Waals surface area (Å²) in [5.41, 5.74) is -0.289. The Morgan fingerprint density at radius 3 is 3.05 bits per heavy atom. The minimum Gasteiger partial charge on any atom is -0.379 e. The van der Waals surface area contributed by atoms with E-state index in [1.54, 1.807) is 0 Å². The van der Waals surface area contributed by atoms with Gasteiger partial charge >= 0.3 is 0 Å². The summed E-state index contributed by atoms with van der Waals surface area (Å²) < 4.78 is 5.29. The third kappa shape index (κ3) is 3.88. The lowest BCUT2D eigenvalue weighted by Gasteiger charge is -2.23. The molecule has 114 valence electrons. The maximum absolute atomic E-state index is 12.3. The van der Waals surface area contributed by atoms with Crippen molar-refractivity contribution in [3.8, 4) is 0 Å². The van der Waals surface area contributed by atoms with E-state index in [0.29, 0.717) is 25.6 Å². The molecule has 1 fully saturated rings. The Morgan fingerprint density at radius 1 is 1.62 bits per heavy atom.